The van der Waals surface area contributed by atoms with Crippen molar-refractivity contribution in [1.29, 1.82) is 0 Å². The highest BCUT2D eigenvalue weighted by Crippen LogP contribution is 2.22. The Morgan fingerprint density at radius 1 is 1.05 bits per heavy atom. The van der Waals surface area contributed by atoms with E-state index in [0.717, 1.165) is 5.56 Å². The van der Waals surface area contributed by atoms with Crippen LogP contribution in [0.4, 0.5) is 16.2 Å². The molecule has 2 N–H and O–H groups in total. The van der Waals surface area contributed by atoms with E-state index in [1.165, 1.54) is 12.1 Å². The van der Waals surface area contributed by atoms with E-state index in [4.69, 9.17) is 0 Å². The van der Waals surface area contributed by atoms with Gasteiger partial charge in [-0.1, -0.05) is 42.5 Å². The first-order valence-electron chi connectivity index (χ1n) is 5.99. The normalized spacial score (nSPS) is 9.80. The van der Waals surface area contributed by atoms with Crippen LogP contribution in [0.25, 0.3) is 0 Å². The number of hydrogen-bond donors (Lipinski definition) is 2. The number of nitrogens with one attached hydrogen (secondary N) is 2. The summed E-state index contributed by atoms with van der Waals surface area (Å²) in [4.78, 5) is 22.0. The van der Waals surface area contributed by atoms with Crippen molar-refractivity contribution in [2.24, 2.45) is 0 Å². The number of anilines is 1. The van der Waals surface area contributed by atoms with Gasteiger partial charge in [-0.15, -0.1) is 0 Å². The van der Waals surface area contributed by atoms with Crippen LogP contribution in [0, 0.1) is 10.1 Å². The highest BCUT2D eigenvalue weighted by Gasteiger charge is 2.14. The number of nitro groups is 1. The van der Waals surface area contributed by atoms with Crippen LogP contribution in [-0.4, -0.2) is 11.0 Å². The van der Waals surface area contributed by atoms with Crippen LogP contribution in [0.5, 0.6) is 0 Å². The molecule has 0 aromatic heterocycles. The Bertz CT molecular complexity index is 614. The number of amides is 2. The third-order valence-corrected chi connectivity index (χ3v) is 2.64. The molecule has 0 aliphatic heterocycles. The summed E-state index contributed by atoms with van der Waals surface area (Å²) in [6, 6.07) is 14.9. The van der Waals surface area contributed by atoms with Crippen molar-refractivity contribution < 1.29 is 9.72 Å². The number of rotatable bonds is 4. The van der Waals surface area contributed by atoms with Gasteiger partial charge in [0.05, 0.1) is 4.92 Å². The zero-order valence-electron chi connectivity index (χ0n) is 10.6. The average molecular weight is 271 g/mol. The van der Waals surface area contributed by atoms with Crippen LogP contribution in [-0.2, 0) is 6.54 Å². The standard InChI is InChI=1S/C14H13N3O3/c18-14(15-10-11-6-2-1-3-7-11)16-12-8-4-5-9-13(12)17(19)20/h1-9H,10H2,(H2,15,16,18). The summed E-state index contributed by atoms with van der Waals surface area (Å²) < 4.78 is 0. The van der Waals surface area contributed by atoms with Crippen LogP contribution in [0.15, 0.2) is 54.6 Å². The largest absolute Gasteiger partial charge is 0.334 e. The maximum Gasteiger partial charge on any atom is 0.319 e. The number of nitro benzene ring substituents is 1. The number of hydrogen-bond acceptors (Lipinski definition) is 3. The van der Waals surface area contributed by atoms with Crippen LogP contribution >= 0.6 is 0 Å². The van der Waals surface area contributed by atoms with Gasteiger partial charge in [-0.3, -0.25) is 10.1 Å². The van der Waals surface area contributed by atoms with Gasteiger partial charge in [0.25, 0.3) is 5.69 Å². The molecule has 0 radical (unpaired) electrons. The Morgan fingerprint density at radius 3 is 2.40 bits per heavy atom. The lowest BCUT2D eigenvalue weighted by Crippen LogP contribution is -2.28. The topological polar surface area (TPSA) is 84.3 Å². The van der Waals surface area contributed by atoms with Gasteiger partial charge in [0, 0.05) is 12.6 Å². The monoisotopic (exact) mass is 271 g/mol. The van der Waals surface area contributed by atoms with Crippen LogP contribution in [0.1, 0.15) is 5.56 Å². The molecule has 0 atom stereocenters. The molecule has 0 unspecified atom stereocenters. The Labute approximate surface area is 115 Å². The molecule has 2 amide bonds. The molecule has 0 fully saturated rings. The first-order valence-corrected chi connectivity index (χ1v) is 5.99. The first kappa shape index (κ1) is 13.5. The molecule has 0 heterocycles. The van der Waals surface area contributed by atoms with Crippen molar-refractivity contribution in [3.05, 3.63) is 70.3 Å². The molecule has 2 aromatic carbocycles. The zero-order chi connectivity index (χ0) is 14.4. The highest BCUT2D eigenvalue weighted by molar-refractivity contribution is 5.91. The second-order valence-corrected chi connectivity index (χ2v) is 4.07. The van der Waals surface area contributed by atoms with E-state index in [0.29, 0.717) is 6.54 Å². The second kappa shape index (κ2) is 6.33. The van der Waals surface area contributed by atoms with Crippen molar-refractivity contribution in [2.75, 3.05) is 5.32 Å². The lowest BCUT2D eigenvalue weighted by molar-refractivity contribution is -0.383. The van der Waals surface area contributed by atoms with Crippen LogP contribution < -0.4 is 10.6 Å². The second-order valence-electron chi connectivity index (χ2n) is 4.07. The molecule has 2 rings (SSSR count). The lowest BCUT2D eigenvalue weighted by atomic mass is 10.2. The maximum atomic E-state index is 11.7. The van der Waals surface area contributed by atoms with Gasteiger partial charge in [0.15, 0.2) is 0 Å². The van der Waals surface area contributed by atoms with Gasteiger partial charge >= 0.3 is 6.03 Å². The molecular weight excluding hydrogens is 258 g/mol. The Hall–Kier alpha value is -2.89. The molecule has 102 valence electrons. The van der Waals surface area contributed by atoms with E-state index in [1.54, 1.807) is 12.1 Å². The molecular formula is C14H13N3O3. The molecule has 0 aliphatic carbocycles. The quantitative estimate of drug-likeness (QED) is 0.662. The molecule has 2 aromatic rings. The summed E-state index contributed by atoms with van der Waals surface area (Å²) >= 11 is 0. The first-order chi connectivity index (χ1) is 9.66. The van der Waals surface area contributed by atoms with Crippen molar-refractivity contribution in [1.82, 2.24) is 5.32 Å². The van der Waals surface area contributed by atoms with Gasteiger partial charge in [-0.2, -0.15) is 0 Å². The van der Waals surface area contributed by atoms with Gasteiger partial charge in [-0.25, -0.2) is 4.79 Å². The maximum absolute atomic E-state index is 11.7. The summed E-state index contributed by atoms with van der Waals surface area (Å²) in [5.41, 5.74) is 0.982. The number of para-hydroxylation sites is 2. The number of benzene rings is 2. The third-order valence-electron chi connectivity index (χ3n) is 2.64. The number of carbonyl (C=O) groups excluding carboxylic acids is 1. The predicted octanol–water partition coefficient (Wildman–Crippen LogP) is 2.92. The highest BCUT2D eigenvalue weighted by atomic mass is 16.6. The fourth-order valence-electron chi connectivity index (χ4n) is 1.68. The molecule has 0 bridgehead atoms. The van der Waals surface area contributed by atoms with Crippen molar-refractivity contribution >= 4 is 17.4 Å². The zero-order valence-corrected chi connectivity index (χ0v) is 10.6. The Morgan fingerprint density at radius 2 is 1.70 bits per heavy atom. The van der Waals surface area contributed by atoms with E-state index in [1.807, 2.05) is 30.3 Å². The third kappa shape index (κ3) is 3.55. The summed E-state index contributed by atoms with van der Waals surface area (Å²) in [6.45, 7) is 0.354. The average Bonchev–Trinajstić information content (AvgIpc) is 2.46. The van der Waals surface area contributed by atoms with E-state index in [2.05, 4.69) is 10.6 Å². The summed E-state index contributed by atoms with van der Waals surface area (Å²) in [6.07, 6.45) is 0. The van der Waals surface area contributed by atoms with Gasteiger partial charge < -0.3 is 10.6 Å². The Balaban J connectivity index is 1.97. The fourth-order valence-corrected chi connectivity index (χ4v) is 1.68. The smallest absolute Gasteiger partial charge is 0.319 e. The number of urea groups is 1. The lowest BCUT2D eigenvalue weighted by Gasteiger charge is -2.07. The minimum atomic E-state index is -0.535. The molecule has 20 heavy (non-hydrogen) atoms. The number of nitrogens with zero attached hydrogens (tertiary/aromatic N) is 1. The van der Waals surface area contributed by atoms with Gasteiger partial charge in [-0.05, 0) is 11.6 Å². The van der Waals surface area contributed by atoms with Gasteiger partial charge in [0.2, 0.25) is 0 Å². The molecule has 0 saturated carbocycles. The van der Waals surface area contributed by atoms with Crippen molar-refractivity contribution in [3.63, 3.8) is 0 Å². The van der Waals surface area contributed by atoms with E-state index in [-0.39, 0.29) is 11.4 Å². The van der Waals surface area contributed by atoms with Gasteiger partial charge in [0.1, 0.15) is 5.69 Å². The minimum Gasteiger partial charge on any atom is -0.334 e. The summed E-state index contributed by atoms with van der Waals surface area (Å²) in [5, 5.41) is 15.9. The van der Waals surface area contributed by atoms with Crippen molar-refractivity contribution in [2.45, 2.75) is 6.54 Å². The minimum absolute atomic E-state index is 0.137. The Kier molecular flexibility index (Phi) is 4.28. The SMILES string of the molecule is O=C(NCc1ccccc1)Nc1ccccc1[N+](=O)[O-]. The van der Waals surface area contributed by atoms with Crippen molar-refractivity contribution in [3.8, 4) is 0 Å². The van der Waals surface area contributed by atoms with Crippen LogP contribution in [0.2, 0.25) is 0 Å². The van der Waals surface area contributed by atoms with Crippen LogP contribution in [0.3, 0.4) is 0 Å². The molecule has 0 aliphatic rings. The van der Waals surface area contributed by atoms with E-state index < -0.39 is 11.0 Å². The molecule has 6 heteroatoms. The number of carbonyl (C=O) groups is 1. The van der Waals surface area contributed by atoms with E-state index in [9.17, 15) is 14.9 Å². The fraction of sp³-hybridized carbons (Fsp3) is 0.0714. The molecule has 6 nitrogen and oxygen atoms in total. The summed E-state index contributed by atoms with van der Waals surface area (Å²) in [7, 11) is 0. The predicted molar refractivity (Wildman–Crippen MR) is 75.4 cm³/mol. The molecule has 0 saturated heterocycles. The summed E-state index contributed by atoms with van der Waals surface area (Å²) in [5.74, 6) is 0. The molecule has 0 spiro atoms. The van der Waals surface area contributed by atoms with E-state index >= 15 is 0 Å².